The van der Waals surface area contributed by atoms with Crippen molar-refractivity contribution < 1.29 is 17.9 Å². The standard InChI is InChI=1S/C15H22N2O4S/c1-11-7-8-13(21-2)14(9-11)22(19,20)16-10-15(18)17-12-5-3-4-6-12/h7-9,12,16H,3-6,10H2,1-2H3,(H,17,18). The smallest absolute Gasteiger partial charge is 0.244 e. The first-order valence-electron chi connectivity index (χ1n) is 7.36. The summed E-state index contributed by atoms with van der Waals surface area (Å²) in [6, 6.07) is 5.06. The summed E-state index contributed by atoms with van der Waals surface area (Å²) in [6.45, 7) is 1.53. The fourth-order valence-corrected chi connectivity index (χ4v) is 3.81. The largest absolute Gasteiger partial charge is 0.495 e. The zero-order valence-corrected chi connectivity index (χ0v) is 13.7. The van der Waals surface area contributed by atoms with Gasteiger partial charge in [-0.15, -0.1) is 0 Å². The second kappa shape index (κ2) is 7.11. The Morgan fingerprint density at radius 3 is 2.64 bits per heavy atom. The number of carbonyl (C=O) groups is 1. The van der Waals surface area contributed by atoms with Gasteiger partial charge in [0, 0.05) is 6.04 Å². The Kier molecular flexibility index (Phi) is 5.42. The Morgan fingerprint density at radius 1 is 1.32 bits per heavy atom. The topological polar surface area (TPSA) is 84.5 Å². The van der Waals surface area contributed by atoms with E-state index >= 15 is 0 Å². The summed E-state index contributed by atoms with van der Waals surface area (Å²) < 4.78 is 32.1. The Morgan fingerprint density at radius 2 is 2.00 bits per heavy atom. The van der Waals surface area contributed by atoms with Gasteiger partial charge in [0.2, 0.25) is 15.9 Å². The van der Waals surface area contributed by atoms with E-state index in [0.717, 1.165) is 31.2 Å². The van der Waals surface area contributed by atoms with E-state index in [1.165, 1.54) is 13.2 Å². The molecule has 0 unspecified atom stereocenters. The fourth-order valence-electron chi connectivity index (χ4n) is 2.58. The van der Waals surface area contributed by atoms with Gasteiger partial charge in [0.1, 0.15) is 10.6 Å². The summed E-state index contributed by atoms with van der Waals surface area (Å²) in [5.74, 6) is -0.0450. The monoisotopic (exact) mass is 326 g/mol. The molecule has 0 radical (unpaired) electrons. The first-order valence-corrected chi connectivity index (χ1v) is 8.84. The molecule has 1 fully saturated rings. The Bertz CT molecular complexity index is 637. The molecule has 1 aromatic rings. The molecular formula is C15H22N2O4S. The minimum Gasteiger partial charge on any atom is -0.495 e. The highest BCUT2D eigenvalue weighted by molar-refractivity contribution is 7.89. The number of carbonyl (C=O) groups excluding carboxylic acids is 1. The second-order valence-corrected chi connectivity index (χ2v) is 7.26. The molecule has 2 N–H and O–H groups in total. The third kappa shape index (κ3) is 4.20. The number of hydrogen-bond donors (Lipinski definition) is 2. The van der Waals surface area contributed by atoms with Gasteiger partial charge in [0.25, 0.3) is 0 Å². The lowest BCUT2D eigenvalue weighted by Crippen LogP contribution is -2.41. The van der Waals surface area contributed by atoms with Crippen LogP contribution in [0.3, 0.4) is 0 Å². The maximum absolute atomic E-state index is 12.3. The Balaban J connectivity index is 2.01. The van der Waals surface area contributed by atoms with E-state index in [0.29, 0.717) is 0 Å². The number of rotatable bonds is 6. The predicted molar refractivity (Wildman–Crippen MR) is 83.3 cm³/mol. The third-order valence-electron chi connectivity index (χ3n) is 3.75. The molecule has 122 valence electrons. The van der Waals surface area contributed by atoms with Gasteiger partial charge in [-0.2, -0.15) is 0 Å². The number of methoxy groups -OCH3 is 1. The van der Waals surface area contributed by atoms with E-state index in [1.54, 1.807) is 19.1 Å². The number of aryl methyl sites for hydroxylation is 1. The molecule has 1 aromatic carbocycles. The SMILES string of the molecule is COc1ccc(C)cc1S(=O)(=O)NCC(=O)NC1CCCC1. The van der Waals surface area contributed by atoms with E-state index in [4.69, 9.17) is 4.74 Å². The van der Waals surface area contributed by atoms with Crippen molar-refractivity contribution in [3.63, 3.8) is 0 Å². The summed E-state index contributed by atoms with van der Waals surface area (Å²) in [5.41, 5.74) is 0.802. The van der Waals surface area contributed by atoms with Crippen molar-refractivity contribution in [2.75, 3.05) is 13.7 Å². The van der Waals surface area contributed by atoms with Crippen LogP contribution < -0.4 is 14.8 Å². The molecule has 7 heteroatoms. The van der Waals surface area contributed by atoms with Crippen LogP contribution in [0.15, 0.2) is 23.1 Å². The number of ether oxygens (including phenoxy) is 1. The molecule has 0 saturated heterocycles. The first-order chi connectivity index (χ1) is 10.4. The molecule has 0 bridgehead atoms. The van der Waals surface area contributed by atoms with E-state index in [9.17, 15) is 13.2 Å². The molecule has 2 rings (SSSR count). The van der Waals surface area contributed by atoms with Gasteiger partial charge in [-0.25, -0.2) is 13.1 Å². The highest BCUT2D eigenvalue weighted by atomic mass is 32.2. The van der Waals surface area contributed by atoms with Crippen molar-refractivity contribution in [2.45, 2.75) is 43.5 Å². The van der Waals surface area contributed by atoms with Crippen LogP contribution in [0.2, 0.25) is 0 Å². The van der Waals surface area contributed by atoms with Gasteiger partial charge in [0.05, 0.1) is 13.7 Å². The maximum atomic E-state index is 12.3. The number of sulfonamides is 1. The molecule has 0 spiro atoms. The molecule has 0 atom stereocenters. The Labute approximate surface area is 131 Å². The van der Waals surface area contributed by atoms with Crippen molar-refractivity contribution in [2.24, 2.45) is 0 Å². The van der Waals surface area contributed by atoms with Crippen molar-refractivity contribution in [3.8, 4) is 5.75 Å². The van der Waals surface area contributed by atoms with E-state index in [1.807, 2.05) is 0 Å². The van der Waals surface area contributed by atoms with E-state index < -0.39 is 10.0 Å². The highest BCUT2D eigenvalue weighted by Crippen LogP contribution is 2.24. The van der Waals surface area contributed by atoms with Gasteiger partial charge in [-0.1, -0.05) is 18.9 Å². The molecule has 0 aromatic heterocycles. The molecule has 1 amide bonds. The highest BCUT2D eigenvalue weighted by Gasteiger charge is 2.22. The van der Waals surface area contributed by atoms with Gasteiger partial charge in [-0.05, 0) is 37.5 Å². The van der Waals surface area contributed by atoms with Crippen LogP contribution in [-0.4, -0.2) is 34.0 Å². The average Bonchev–Trinajstić information content (AvgIpc) is 2.98. The van der Waals surface area contributed by atoms with Gasteiger partial charge < -0.3 is 10.1 Å². The van der Waals surface area contributed by atoms with Crippen LogP contribution >= 0.6 is 0 Å². The molecule has 0 aliphatic heterocycles. The lowest BCUT2D eigenvalue weighted by molar-refractivity contribution is -0.120. The third-order valence-corrected chi connectivity index (χ3v) is 5.17. The van der Waals surface area contributed by atoms with Crippen LogP contribution in [0.25, 0.3) is 0 Å². The number of hydrogen-bond acceptors (Lipinski definition) is 4. The van der Waals surface area contributed by atoms with Crippen LogP contribution in [0, 0.1) is 6.92 Å². The van der Waals surface area contributed by atoms with Crippen LogP contribution in [-0.2, 0) is 14.8 Å². The average molecular weight is 326 g/mol. The Hall–Kier alpha value is -1.60. The number of benzene rings is 1. The summed E-state index contributed by atoms with van der Waals surface area (Å²) in [5, 5.41) is 2.85. The number of amides is 1. The first kappa shape index (κ1) is 16.8. The van der Waals surface area contributed by atoms with Crippen molar-refractivity contribution in [3.05, 3.63) is 23.8 Å². The lowest BCUT2D eigenvalue weighted by Gasteiger charge is -2.14. The quantitative estimate of drug-likeness (QED) is 0.826. The molecule has 22 heavy (non-hydrogen) atoms. The molecular weight excluding hydrogens is 304 g/mol. The minimum atomic E-state index is -3.79. The van der Waals surface area contributed by atoms with E-state index in [2.05, 4.69) is 10.0 Å². The van der Waals surface area contributed by atoms with Crippen LogP contribution in [0.5, 0.6) is 5.75 Å². The molecule has 1 saturated carbocycles. The van der Waals surface area contributed by atoms with Gasteiger partial charge in [-0.3, -0.25) is 4.79 Å². The van der Waals surface area contributed by atoms with Gasteiger partial charge in [0.15, 0.2) is 0 Å². The predicted octanol–water partition coefficient (Wildman–Crippen LogP) is 1.34. The maximum Gasteiger partial charge on any atom is 0.244 e. The minimum absolute atomic E-state index is 0.0451. The summed E-state index contributed by atoms with van der Waals surface area (Å²) in [4.78, 5) is 11.9. The summed E-state index contributed by atoms with van der Waals surface area (Å²) in [6.07, 6.45) is 4.14. The lowest BCUT2D eigenvalue weighted by atomic mass is 10.2. The molecule has 6 nitrogen and oxygen atoms in total. The van der Waals surface area contributed by atoms with Crippen molar-refractivity contribution in [1.29, 1.82) is 0 Å². The number of nitrogens with one attached hydrogen (secondary N) is 2. The zero-order valence-electron chi connectivity index (χ0n) is 12.9. The van der Waals surface area contributed by atoms with E-state index in [-0.39, 0.29) is 29.1 Å². The molecule has 1 aliphatic rings. The van der Waals surface area contributed by atoms with Gasteiger partial charge >= 0.3 is 0 Å². The fraction of sp³-hybridized carbons (Fsp3) is 0.533. The summed E-state index contributed by atoms with van der Waals surface area (Å²) >= 11 is 0. The molecule has 0 heterocycles. The zero-order chi connectivity index (χ0) is 16.2. The molecule has 1 aliphatic carbocycles. The normalized spacial score (nSPS) is 15.7. The van der Waals surface area contributed by atoms with Crippen LogP contribution in [0.1, 0.15) is 31.2 Å². The summed E-state index contributed by atoms with van der Waals surface area (Å²) in [7, 11) is -2.38. The second-order valence-electron chi connectivity index (χ2n) is 5.53. The van der Waals surface area contributed by atoms with Crippen LogP contribution in [0.4, 0.5) is 0 Å². The van der Waals surface area contributed by atoms with Crippen molar-refractivity contribution in [1.82, 2.24) is 10.0 Å². The van der Waals surface area contributed by atoms with Crippen molar-refractivity contribution >= 4 is 15.9 Å².